The van der Waals surface area contributed by atoms with Gasteiger partial charge in [0.2, 0.25) is 0 Å². The van der Waals surface area contributed by atoms with Gasteiger partial charge in [0.05, 0.1) is 6.67 Å². The Bertz CT molecular complexity index is 243. The summed E-state index contributed by atoms with van der Waals surface area (Å²) in [6.45, 7) is -0.550. The number of hydrogen-bond acceptors (Lipinski definition) is 1. The van der Waals surface area contributed by atoms with Crippen molar-refractivity contribution in [2.45, 2.75) is 12.8 Å². The van der Waals surface area contributed by atoms with Gasteiger partial charge in [-0.1, -0.05) is 30.3 Å². The molecule has 2 heteroatoms. The van der Waals surface area contributed by atoms with Gasteiger partial charge in [0.25, 0.3) is 0 Å². The van der Waals surface area contributed by atoms with Crippen LogP contribution in [0.5, 0.6) is 0 Å². The van der Waals surface area contributed by atoms with Crippen LogP contribution >= 0.6 is 0 Å². The van der Waals surface area contributed by atoms with Gasteiger partial charge in [-0.15, -0.1) is 0 Å². The summed E-state index contributed by atoms with van der Waals surface area (Å²) < 4.78 is 11.7. The van der Waals surface area contributed by atoms with E-state index in [0.717, 1.165) is 5.56 Å². The third-order valence-electron chi connectivity index (χ3n) is 1.62. The minimum Gasteiger partial charge on any atom is -0.299 e. The second-order valence-corrected chi connectivity index (χ2v) is 2.64. The van der Waals surface area contributed by atoms with E-state index < -0.39 is 6.67 Å². The SMILES string of the molecule is O=C(CCF)Cc1ccccc1. The summed E-state index contributed by atoms with van der Waals surface area (Å²) in [5.41, 5.74) is 0.955. The first kappa shape index (κ1) is 8.91. The molecule has 0 saturated carbocycles. The Morgan fingerprint density at radius 2 is 1.92 bits per heavy atom. The Kier molecular flexibility index (Phi) is 3.45. The number of carbonyl (C=O) groups is 1. The molecule has 1 nitrogen and oxygen atoms in total. The fourth-order valence-corrected chi connectivity index (χ4v) is 1.02. The van der Waals surface area contributed by atoms with Crippen LogP contribution in [0.15, 0.2) is 30.3 Å². The van der Waals surface area contributed by atoms with E-state index in [-0.39, 0.29) is 12.2 Å². The largest absolute Gasteiger partial charge is 0.299 e. The maximum Gasteiger partial charge on any atom is 0.139 e. The summed E-state index contributed by atoms with van der Waals surface area (Å²) in [4.78, 5) is 11.0. The fraction of sp³-hybridized carbons (Fsp3) is 0.300. The lowest BCUT2D eigenvalue weighted by Crippen LogP contribution is -2.02. The van der Waals surface area contributed by atoms with Gasteiger partial charge in [-0.25, -0.2) is 0 Å². The number of alkyl halides is 1. The molecule has 0 heterocycles. The zero-order valence-corrected chi connectivity index (χ0v) is 6.79. The number of halogens is 1. The monoisotopic (exact) mass is 166 g/mol. The van der Waals surface area contributed by atoms with Gasteiger partial charge < -0.3 is 0 Å². The van der Waals surface area contributed by atoms with Crippen molar-refractivity contribution in [1.29, 1.82) is 0 Å². The molecule has 1 aromatic rings. The predicted octanol–water partition coefficient (Wildman–Crippen LogP) is 2.16. The van der Waals surface area contributed by atoms with Crippen LogP contribution in [0.25, 0.3) is 0 Å². The van der Waals surface area contributed by atoms with Crippen LogP contribution in [0.1, 0.15) is 12.0 Å². The lowest BCUT2D eigenvalue weighted by molar-refractivity contribution is -0.118. The molecule has 0 unspecified atom stereocenters. The number of ketones is 1. The van der Waals surface area contributed by atoms with Gasteiger partial charge in [-0.3, -0.25) is 9.18 Å². The molecular weight excluding hydrogens is 155 g/mol. The molecular formula is C10H11FO. The molecule has 0 bridgehead atoms. The second-order valence-electron chi connectivity index (χ2n) is 2.64. The van der Waals surface area contributed by atoms with E-state index in [4.69, 9.17) is 0 Å². The fourth-order valence-electron chi connectivity index (χ4n) is 1.02. The van der Waals surface area contributed by atoms with Crippen molar-refractivity contribution in [1.82, 2.24) is 0 Å². The summed E-state index contributed by atoms with van der Waals surface area (Å²) in [6, 6.07) is 9.38. The van der Waals surface area contributed by atoms with Crippen LogP contribution in [0.3, 0.4) is 0 Å². The molecule has 12 heavy (non-hydrogen) atoms. The highest BCUT2D eigenvalue weighted by Crippen LogP contribution is 2.01. The Morgan fingerprint density at radius 3 is 2.50 bits per heavy atom. The highest BCUT2D eigenvalue weighted by Gasteiger charge is 2.01. The Morgan fingerprint density at radius 1 is 1.25 bits per heavy atom. The van der Waals surface area contributed by atoms with E-state index in [2.05, 4.69) is 0 Å². The minimum atomic E-state index is -0.550. The Balaban J connectivity index is 2.47. The van der Waals surface area contributed by atoms with E-state index in [1.807, 2.05) is 30.3 Å². The maximum atomic E-state index is 11.7. The highest BCUT2D eigenvalue weighted by molar-refractivity contribution is 5.80. The summed E-state index contributed by atoms with van der Waals surface area (Å²) in [6.07, 6.45) is 0.389. The summed E-state index contributed by atoms with van der Waals surface area (Å²) in [7, 11) is 0. The van der Waals surface area contributed by atoms with Crippen LogP contribution in [-0.4, -0.2) is 12.5 Å². The normalized spacial score (nSPS) is 9.75. The maximum absolute atomic E-state index is 11.7. The number of hydrogen-bond donors (Lipinski definition) is 0. The third-order valence-corrected chi connectivity index (χ3v) is 1.62. The topological polar surface area (TPSA) is 17.1 Å². The molecule has 0 amide bonds. The van der Waals surface area contributed by atoms with E-state index in [1.54, 1.807) is 0 Å². The molecule has 0 fully saturated rings. The van der Waals surface area contributed by atoms with Crippen LogP contribution in [-0.2, 0) is 11.2 Å². The molecule has 0 radical (unpaired) electrons. The van der Waals surface area contributed by atoms with E-state index in [1.165, 1.54) is 0 Å². The Labute approximate surface area is 71.2 Å². The van der Waals surface area contributed by atoms with Crippen molar-refractivity contribution in [3.05, 3.63) is 35.9 Å². The highest BCUT2D eigenvalue weighted by atomic mass is 19.1. The molecule has 0 spiro atoms. The first-order valence-electron chi connectivity index (χ1n) is 3.94. The number of carbonyl (C=O) groups excluding carboxylic acids is 1. The average molecular weight is 166 g/mol. The van der Waals surface area contributed by atoms with Gasteiger partial charge in [0.1, 0.15) is 5.78 Å². The lowest BCUT2D eigenvalue weighted by atomic mass is 10.1. The molecule has 0 aromatic heterocycles. The molecule has 1 rings (SSSR count). The first-order valence-corrected chi connectivity index (χ1v) is 3.94. The smallest absolute Gasteiger partial charge is 0.139 e. The molecule has 0 aliphatic carbocycles. The van der Waals surface area contributed by atoms with Crippen molar-refractivity contribution in [2.75, 3.05) is 6.67 Å². The van der Waals surface area contributed by atoms with Crippen LogP contribution in [0.4, 0.5) is 4.39 Å². The van der Waals surface area contributed by atoms with Crippen molar-refractivity contribution in [3.63, 3.8) is 0 Å². The average Bonchev–Trinajstić information content (AvgIpc) is 2.06. The molecule has 64 valence electrons. The standard InChI is InChI=1S/C10H11FO/c11-7-6-10(12)8-9-4-2-1-3-5-9/h1-5H,6-8H2. The number of benzene rings is 1. The first-order chi connectivity index (χ1) is 5.83. The van der Waals surface area contributed by atoms with Gasteiger partial charge in [0.15, 0.2) is 0 Å². The van der Waals surface area contributed by atoms with Crippen molar-refractivity contribution >= 4 is 5.78 Å². The Hall–Kier alpha value is -1.18. The lowest BCUT2D eigenvalue weighted by Gasteiger charge is -1.97. The van der Waals surface area contributed by atoms with Crippen LogP contribution in [0.2, 0.25) is 0 Å². The predicted molar refractivity (Wildman–Crippen MR) is 45.7 cm³/mol. The van der Waals surface area contributed by atoms with Crippen LogP contribution < -0.4 is 0 Å². The van der Waals surface area contributed by atoms with Gasteiger partial charge in [0, 0.05) is 12.8 Å². The number of Topliss-reactive ketones (excluding diaryl/α,β-unsaturated/α-hetero) is 1. The molecule has 0 saturated heterocycles. The summed E-state index contributed by atoms with van der Waals surface area (Å²) in [5, 5.41) is 0. The van der Waals surface area contributed by atoms with Crippen molar-refractivity contribution < 1.29 is 9.18 Å². The van der Waals surface area contributed by atoms with Crippen molar-refractivity contribution in [2.24, 2.45) is 0 Å². The summed E-state index contributed by atoms with van der Waals surface area (Å²) in [5.74, 6) is -0.0382. The van der Waals surface area contributed by atoms with Crippen LogP contribution in [0, 0.1) is 0 Å². The number of rotatable bonds is 4. The summed E-state index contributed by atoms with van der Waals surface area (Å²) >= 11 is 0. The minimum absolute atomic E-state index is 0.0366. The second kappa shape index (κ2) is 4.65. The molecule has 0 N–H and O–H groups in total. The quantitative estimate of drug-likeness (QED) is 0.669. The van der Waals surface area contributed by atoms with E-state index >= 15 is 0 Å². The van der Waals surface area contributed by atoms with Gasteiger partial charge in [-0.2, -0.15) is 0 Å². The van der Waals surface area contributed by atoms with Crippen molar-refractivity contribution in [3.8, 4) is 0 Å². The zero-order valence-electron chi connectivity index (χ0n) is 6.79. The van der Waals surface area contributed by atoms with Gasteiger partial charge >= 0.3 is 0 Å². The van der Waals surface area contributed by atoms with E-state index in [0.29, 0.717) is 6.42 Å². The third kappa shape index (κ3) is 2.82. The van der Waals surface area contributed by atoms with Gasteiger partial charge in [-0.05, 0) is 5.56 Å². The zero-order chi connectivity index (χ0) is 8.81. The molecule has 0 atom stereocenters. The molecule has 0 aliphatic heterocycles. The van der Waals surface area contributed by atoms with E-state index in [9.17, 15) is 9.18 Å². The molecule has 0 aliphatic rings. The molecule has 1 aromatic carbocycles.